The summed E-state index contributed by atoms with van der Waals surface area (Å²) in [6.45, 7) is 4.70. The van der Waals surface area contributed by atoms with Crippen LogP contribution in [-0.4, -0.2) is 43.0 Å². The number of carbonyl (C=O) groups is 2. The van der Waals surface area contributed by atoms with Crippen LogP contribution in [-0.2, 0) is 9.59 Å². The molecule has 1 aromatic carbocycles. The summed E-state index contributed by atoms with van der Waals surface area (Å²) in [5, 5.41) is 10.7. The Morgan fingerprint density at radius 3 is 2.24 bits per heavy atom. The molecule has 1 aliphatic heterocycles. The normalized spacial score (nSPS) is 21.1. The number of nitrogens with one attached hydrogen (secondary N) is 1. The van der Waals surface area contributed by atoms with Crippen LogP contribution < -0.4 is 10.0 Å². The second-order valence-corrected chi connectivity index (χ2v) is 7.46. The van der Waals surface area contributed by atoms with Gasteiger partial charge in [0.1, 0.15) is 12.0 Å². The lowest BCUT2D eigenvalue weighted by molar-refractivity contribution is -0.933. The van der Waals surface area contributed by atoms with Crippen LogP contribution in [0.1, 0.15) is 62.1 Å². The van der Waals surface area contributed by atoms with Gasteiger partial charge in [0.25, 0.3) is 5.91 Å². The topological polar surface area (TPSA) is 64.9 Å². The maximum absolute atomic E-state index is 11.5. The monoisotopic (exact) mass is 344 g/mol. The van der Waals surface area contributed by atoms with E-state index in [9.17, 15) is 14.7 Å². The predicted octanol–water partition coefficient (Wildman–Crippen LogP) is 0.272. The first-order chi connectivity index (χ1) is 12.1. The highest BCUT2D eigenvalue weighted by molar-refractivity contribution is 6.30. The molecule has 0 aromatic heterocycles. The minimum atomic E-state index is -1.60. The van der Waals surface area contributed by atoms with E-state index in [-0.39, 0.29) is 0 Å². The second-order valence-electron chi connectivity index (χ2n) is 7.46. The third-order valence-electron chi connectivity index (χ3n) is 5.99. The summed E-state index contributed by atoms with van der Waals surface area (Å²) in [7, 11) is 0. The molecular formula is C20H28N2O3. The quantitative estimate of drug-likeness (QED) is 0.801. The molecule has 1 saturated carbocycles. The van der Waals surface area contributed by atoms with Crippen LogP contribution in [0.4, 0.5) is 0 Å². The molecular weight excluding hydrogens is 316 g/mol. The van der Waals surface area contributed by atoms with Crippen molar-refractivity contribution in [2.75, 3.05) is 26.2 Å². The largest absolute Gasteiger partial charge is 0.540 e. The van der Waals surface area contributed by atoms with Crippen molar-refractivity contribution >= 4 is 11.9 Å². The van der Waals surface area contributed by atoms with Gasteiger partial charge in [-0.2, -0.15) is 0 Å². The Balaban J connectivity index is 1.57. The van der Waals surface area contributed by atoms with E-state index in [1.807, 2.05) is 0 Å². The molecule has 1 heterocycles. The Kier molecular flexibility index (Phi) is 5.74. The minimum Gasteiger partial charge on any atom is -0.540 e. The van der Waals surface area contributed by atoms with Gasteiger partial charge >= 0.3 is 0 Å². The van der Waals surface area contributed by atoms with Gasteiger partial charge < -0.3 is 19.7 Å². The van der Waals surface area contributed by atoms with Gasteiger partial charge in [-0.25, -0.2) is 0 Å². The fourth-order valence-corrected chi connectivity index (χ4v) is 4.29. The van der Waals surface area contributed by atoms with Crippen LogP contribution in [0.25, 0.3) is 0 Å². The van der Waals surface area contributed by atoms with Crippen molar-refractivity contribution in [1.29, 1.82) is 0 Å². The maximum atomic E-state index is 11.5. The van der Waals surface area contributed by atoms with Crippen molar-refractivity contribution in [3.8, 4) is 0 Å². The first-order valence-corrected chi connectivity index (χ1v) is 9.51. The maximum Gasteiger partial charge on any atom is 0.269 e. The summed E-state index contributed by atoms with van der Waals surface area (Å²) >= 11 is 0. The molecule has 136 valence electrons. The molecule has 5 nitrogen and oxygen atoms in total. The van der Waals surface area contributed by atoms with Crippen LogP contribution in [0, 0.1) is 0 Å². The minimum absolute atomic E-state index is 0.348. The summed E-state index contributed by atoms with van der Waals surface area (Å²) in [4.78, 5) is 25.0. The number of carbonyl (C=O) groups excluding carboxylic acids is 2. The van der Waals surface area contributed by atoms with E-state index < -0.39 is 11.9 Å². The van der Waals surface area contributed by atoms with Crippen molar-refractivity contribution in [3.05, 3.63) is 35.4 Å². The zero-order valence-electron chi connectivity index (χ0n) is 15.0. The zero-order valence-corrected chi connectivity index (χ0v) is 15.0. The molecule has 5 heteroatoms. The van der Waals surface area contributed by atoms with Crippen molar-refractivity contribution in [1.82, 2.24) is 4.90 Å². The molecule has 1 atom stereocenters. The number of amides is 1. The summed E-state index contributed by atoms with van der Waals surface area (Å²) in [6, 6.07) is 9.43. The molecule has 2 aliphatic rings. The number of rotatable bonds is 3. The lowest BCUT2D eigenvalue weighted by Crippen LogP contribution is -3.14. The smallest absolute Gasteiger partial charge is 0.269 e. The molecule has 1 amide bonds. The van der Waals surface area contributed by atoms with Gasteiger partial charge in [0.05, 0.1) is 26.2 Å². The highest BCUT2D eigenvalue weighted by atomic mass is 16.4. The number of hydrogen-bond acceptors (Lipinski definition) is 3. The fourth-order valence-electron chi connectivity index (χ4n) is 4.29. The number of carboxylic acid groups (broad SMARTS) is 1. The molecule has 1 aliphatic carbocycles. The van der Waals surface area contributed by atoms with E-state index in [0.717, 1.165) is 19.0 Å². The number of carboxylic acids is 1. The molecule has 0 spiro atoms. The summed E-state index contributed by atoms with van der Waals surface area (Å²) in [6.07, 6.45) is 6.70. The Bertz CT molecular complexity index is 600. The van der Waals surface area contributed by atoms with Gasteiger partial charge in [-0.1, -0.05) is 43.5 Å². The van der Waals surface area contributed by atoms with E-state index in [2.05, 4.69) is 31.2 Å². The zero-order chi connectivity index (χ0) is 17.8. The molecule has 1 saturated heterocycles. The number of benzene rings is 1. The third kappa shape index (κ3) is 4.21. The second kappa shape index (κ2) is 8.00. The van der Waals surface area contributed by atoms with Crippen LogP contribution in [0.3, 0.4) is 0 Å². The standard InChI is InChI=1S/C20H28N2O3/c1-15(21-11-13-22(14-12-21)19(23)20(24)25)16-7-9-18(10-8-16)17-5-3-2-4-6-17/h7-10,15,17H,2-6,11-14H2,1H3,(H,24,25)/t15-/m1/s1. The van der Waals surface area contributed by atoms with Gasteiger partial charge in [0.2, 0.25) is 0 Å². The van der Waals surface area contributed by atoms with Gasteiger partial charge in [0, 0.05) is 5.56 Å². The van der Waals surface area contributed by atoms with E-state index in [0.29, 0.717) is 19.1 Å². The number of nitrogens with zero attached hydrogens (tertiary/aromatic N) is 1. The molecule has 1 aromatic rings. The van der Waals surface area contributed by atoms with Crippen LogP contribution in [0.2, 0.25) is 0 Å². The van der Waals surface area contributed by atoms with E-state index in [1.165, 1.54) is 53.0 Å². The SMILES string of the molecule is C[C@H](c1ccc(C2CCCCC2)cc1)[NH+]1CCN(C(=O)C(=O)[O-])CC1. The number of piperazine rings is 1. The highest BCUT2D eigenvalue weighted by Gasteiger charge is 2.28. The molecule has 3 rings (SSSR count). The van der Waals surface area contributed by atoms with Gasteiger partial charge in [-0.05, 0) is 31.2 Å². The van der Waals surface area contributed by atoms with Crippen LogP contribution >= 0.6 is 0 Å². The van der Waals surface area contributed by atoms with Crippen molar-refractivity contribution in [2.45, 2.75) is 51.0 Å². The Labute approximate surface area is 149 Å². The predicted molar refractivity (Wildman–Crippen MR) is 93.0 cm³/mol. The van der Waals surface area contributed by atoms with Crippen molar-refractivity contribution in [3.63, 3.8) is 0 Å². The van der Waals surface area contributed by atoms with Crippen molar-refractivity contribution < 1.29 is 19.6 Å². The summed E-state index contributed by atoms with van der Waals surface area (Å²) in [5.74, 6) is -1.76. The molecule has 1 N–H and O–H groups in total. The van der Waals surface area contributed by atoms with Crippen molar-refractivity contribution in [2.24, 2.45) is 0 Å². The summed E-state index contributed by atoms with van der Waals surface area (Å²) < 4.78 is 0. The first kappa shape index (κ1) is 17.9. The van der Waals surface area contributed by atoms with E-state index in [4.69, 9.17) is 0 Å². The molecule has 0 radical (unpaired) electrons. The van der Waals surface area contributed by atoms with Crippen LogP contribution in [0.15, 0.2) is 24.3 Å². The Morgan fingerprint density at radius 1 is 1.08 bits per heavy atom. The molecule has 2 fully saturated rings. The molecule has 25 heavy (non-hydrogen) atoms. The van der Waals surface area contributed by atoms with Gasteiger partial charge in [-0.15, -0.1) is 0 Å². The number of quaternary nitrogens is 1. The lowest BCUT2D eigenvalue weighted by atomic mass is 9.83. The first-order valence-electron chi connectivity index (χ1n) is 9.51. The average Bonchev–Trinajstić information content (AvgIpc) is 2.67. The highest BCUT2D eigenvalue weighted by Crippen LogP contribution is 2.32. The average molecular weight is 344 g/mol. The number of aliphatic carboxylic acids is 1. The van der Waals surface area contributed by atoms with E-state index in [1.54, 1.807) is 0 Å². The molecule has 0 unspecified atom stereocenters. The van der Waals surface area contributed by atoms with Gasteiger partial charge in [-0.3, -0.25) is 4.79 Å². The third-order valence-corrected chi connectivity index (χ3v) is 5.99. The summed E-state index contributed by atoms with van der Waals surface area (Å²) in [5.41, 5.74) is 2.78. The molecule has 0 bridgehead atoms. The fraction of sp³-hybridized carbons (Fsp3) is 0.600. The Morgan fingerprint density at radius 2 is 1.68 bits per heavy atom. The van der Waals surface area contributed by atoms with Crippen LogP contribution in [0.5, 0.6) is 0 Å². The lowest BCUT2D eigenvalue weighted by Gasteiger charge is -2.35. The van der Waals surface area contributed by atoms with E-state index >= 15 is 0 Å². The number of hydrogen-bond donors (Lipinski definition) is 1. The van der Waals surface area contributed by atoms with Gasteiger partial charge in [0.15, 0.2) is 0 Å². The Hall–Kier alpha value is -1.88.